The fourth-order valence-electron chi connectivity index (χ4n) is 4.53. The van der Waals surface area contributed by atoms with Crippen molar-refractivity contribution in [2.24, 2.45) is 0 Å². The van der Waals surface area contributed by atoms with Crippen LogP contribution in [0.2, 0.25) is 5.02 Å². The molecule has 164 valence electrons. The molecule has 0 bridgehead atoms. The molecule has 4 aromatic rings. The van der Waals surface area contributed by atoms with Gasteiger partial charge in [-0.25, -0.2) is 9.97 Å². The zero-order valence-electron chi connectivity index (χ0n) is 17.7. The van der Waals surface area contributed by atoms with Gasteiger partial charge in [0.1, 0.15) is 18.4 Å². The summed E-state index contributed by atoms with van der Waals surface area (Å²) in [6.07, 6.45) is 2.57. The van der Waals surface area contributed by atoms with Crippen molar-refractivity contribution >= 4 is 56.0 Å². The van der Waals surface area contributed by atoms with Crippen molar-refractivity contribution in [2.45, 2.75) is 32.1 Å². The predicted octanol–water partition coefficient (Wildman–Crippen LogP) is 4.35. The first kappa shape index (κ1) is 21.3. The van der Waals surface area contributed by atoms with Crippen LogP contribution >= 0.6 is 22.9 Å². The van der Waals surface area contributed by atoms with Gasteiger partial charge in [0.15, 0.2) is 0 Å². The van der Waals surface area contributed by atoms with Gasteiger partial charge in [-0.05, 0) is 48.2 Å². The van der Waals surface area contributed by atoms with E-state index in [1.54, 1.807) is 11.3 Å². The lowest BCUT2D eigenvalue weighted by molar-refractivity contribution is -0.117. The summed E-state index contributed by atoms with van der Waals surface area (Å²) < 4.78 is 1.20. The van der Waals surface area contributed by atoms with E-state index in [1.165, 1.54) is 21.3 Å². The third-order valence-electron chi connectivity index (χ3n) is 6.32. The molecular formula is C24H24ClN5OS. The number of benzene rings is 2. The van der Waals surface area contributed by atoms with Gasteiger partial charge in [0.25, 0.3) is 0 Å². The molecule has 0 radical (unpaired) electrons. The highest BCUT2D eigenvalue weighted by Crippen LogP contribution is 2.30. The lowest BCUT2D eigenvalue weighted by Gasteiger charge is -2.44. The molecule has 2 aromatic carbocycles. The molecule has 0 saturated carbocycles. The van der Waals surface area contributed by atoms with Gasteiger partial charge in [0.05, 0.1) is 11.6 Å². The number of hydrogen-bond donors (Lipinski definition) is 1. The van der Waals surface area contributed by atoms with Gasteiger partial charge in [0, 0.05) is 52.2 Å². The summed E-state index contributed by atoms with van der Waals surface area (Å²) in [7, 11) is 0. The zero-order chi connectivity index (χ0) is 22.2. The van der Waals surface area contributed by atoms with Crippen LogP contribution in [-0.4, -0.2) is 51.2 Å². The van der Waals surface area contributed by atoms with Gasteiger partial charge in [-0.3, -0.25) is 9.80 Å². The monoisotopic (exact) mass is 465 g/mol. The van der Waals surface area contributed by atoms with E-state index in [2.05, 4.69) is 38.8 Å². The van der Waals surface area contributed by atoms with Gasteiger partial charge >= 0.3 is 0 Å². The second kappa shape index (κ2) is 8.75. The molecule has 1 unspecified atom stereocenters. The molecule has 2 atom stereocenters. The maximum atomic E-state index is 12.1. The summed E-state index contributed by atoms with van der Waals surface area (Å²) >= 11 is 7.91. The Balaban J connectivity index is 1.31. The molecule has 1 fully saturated rings. The zero-order valence-corrected chi connectivity index (χ0v) is 19.3. The number of aromatic nitrogens is 2. The van der Waals surface area contributed by atoms with Crippen LogP contribution in [0, 0.1) is 0 Å². The minimum atomic E-state index is -0.168. The minimum absolute atomic E-state index is 0.119. The predicted molar refractivity (Wildman–Crippen MR) is 131 cm³/mol. The van der Waals surface area contributed by atoms with Crippen LogP contribution in [0.4, 0.5) is 5.82 Å². The van der Waals surface area contributed by atoms with Crippen LogP contribution < -0.4 is 5.73 Å². The molecule has 0 aliphatic carbocycles. The average molecular weight is 466 g/mol. The maximum absolute atomic E-state index is 12.1. The standard InChI is InChI=1S/C24H24ClN5OS/c1-15-22(13-31)30(11-16-2-5-20-21(8-16)27-14-28-24(20)26)7-6-29(15)12-19-9-17-3-4-18(25)10-23(17)32-19/h2-5,8-10,13-15,22H,6-7,11-12H2,1H3,(H2,26,27,28)/t15-,22?/m0/s1. The van der Waals surface area contributed by atoms with E-state index in [-0.39, 0.29) is 12.1 Å². The number of halogens is 1. The minimum Gasteiger partial charge on any atom is -0.383 e. The Kier molecular flexibility index (Phi) is 5.82. The highest BCUT2D eigenvalue weighted by Gasteiger charge is 2.33. The molecule has 0 amide bonds. The van der Waals surface area contributed by atoms with Crippen LogP contribution in [-0.2, 0) is 17.9 Å². The third-order valence-corrected chi connectivity index (χ3v) is 7.63. The Bertz CT molecular complexity index is 1290. The SMILES string of the molecule is C[C@H]1C(C=O)N(Cc2ccc3c(N)ncnc3c2)CCN1Cc1cc2ccc(Cl)cc2s1. The van der Waals surface area contributed by atoms with Crippen molar-refractivity contribution in [3.63, 3.8) is 0 Å². The molecule has 1 aliphatic heterocycles. The molecule has 3 heterocycles. The molecule has 8 heteroatoms. The van der Waals surface area contributed by atoms with Crippen LogP contribution in [0.15, 0.2) is 48.8 Å². The van der Waals surface area contributed by atoms with Crippen LogP contribution in [0.1, 0.15) is 17.4 Å². The summed E-state index contributed by atoms with van der Waals surface area (Å²) in [4.78, 5) is 26.4. The van der Waals surface area contributed by atoms with Crippen LogP contribution in [0.3, 0.4) is 0 Å². The van der Waals surface area contributed by atoms with Crippen molar-refractivity contribution in [3.05, 3.63) is 64.3 Å². The third kappa shape index (κ3) is 4.09. The molecule has 1 aliphatic rings. The largest absolute Gasteiger partial charge is 0.383 e. The first-order valence-electron chi connectivity index (χ1n) is 10.6. The van der Waals surface area contributed by atoms with E-state index in [0.29, 0.717) is 12.4 Å². The number of carbonyl (C=O) groups is 1. The summed E-state index contributed by atoms with van der Waals surface area (Å²) in [6.45, 7) is 5.41. The molecule has 32 heavy (non-hydrogen) atoms. The van der Waals surface area contributed by atoms with E-state index in [9.17, 15) is 4.79 Å². The number of rotatable bonds is 5. The Morgan fingerprint density at radius 3 is 2.81 bits per heavy atom. The highest BCUT2D eigenvalue weighted by molar-refractivity contribution is 7.19. The summed E-state index contributed by atoms with van der Waals surface area (Å²) in [5.74, 6) is 0.484. The van der Waals surface area contributed by atoms with Crippen molar-refractivity contribution in [3.8, 4) is 0 Å². The van der Waals surface area contributed by atoms with Crippen molar-refractivity contribution < 1.29 is 4.79 Å². The number of nitrogen functional groups attached to an aromatic ring is 1. The number of aldehydes is 1. The van der Waals surface area contributed by atoms with E-state index >= 15 is 0 Å². The second-order valence-electron chi connectivity index (χ2n) is 8.31. The molecule has 0 spiro atoms. The molecular weight excluding hydrogens is 442 g/mol. The number of thiophene rings is 1. The molecule has 5 rings (SSSR count). The van der Waals surface area contributed by atoms with Crippen LogP contribution in [0.25, 0.3) is 21.0 Å². The first-order chi connectivity index (χ1) is 15.5. The Morgan fingerprint density at radius 2 is 1.97 bits per heavy atom. The van der Waals surface area contributed by atoms with Crippen LogP contribution in [0.5, 0.6) is 0 Å². The van der Waals surface area contributed by atoms with E-state index in [1.807, 2.05) is 30.3 Å². The maximum Gasteiger partial charge on any atom is 0.138 e. The number of hydrogen-bond acceptors (Lipinski definition) is 7. The lowest BCUT2D eigenvalue weighted by atomic mass is 10.0. The summed E-state index contributed by atoms with van der Waals surface area (Å²) in [5.41, 5.74) is 7.89. The fraction of sp³-hybridized carbons (Fsp3) is 0.292. The van der Waals surface area contributed by atoms with Gasteiger partial charge < -0.3 is 10.5 Å². The quantitative estimate of drug-likeness (QED) is 0.441. The Labute approximate surface area is 195 Å². The van der Waals surface area contributed by atoms with Crippen molar-refractivity contribution in [2.75, 3.05) is 18.8 Å². The molecule has 2 aromatic heterocycles. The van der Waals surface area contributed by atoms with E-state index in [4.69, 9.17) is 17.3 Å². The van der Waals surface area contributed by atoms with E-state index in [0.717, 1.165) is 47.4 Å². The number of nitrogens with zero attached hydrogens (tertiary/aromatic N) is 4. The number of nitrogens with two attached hydrogens (primary N) is 1. The Hall–Kier alpha value is -2.58. The number of piperazine rings is 1. The van der Waals surface area contributed by atoms with Crippen molar-refractivity contribution in [1.82, 2.24) is 19.8 Å². The summed E-state index contributed by atoms with van der Waals surface area (Å²) in [5, 5.41) is 2.83. The highest BCUT2D eigenvalue weighted by atomic mass is 35.5. The smallest absolute Gasteiger partial charge is 0.138 e. The lowest BCUT2D eigenvalue weighted by Crippen LogP contribution is -2.58. The van der Waals surface area contributed by atoms with Gasteiger partial charge in [-0.15, -0.1) is 11.3 Å². The average Bonchev–Trinajstić information content (AvgIpc) is 3.17. The normalized spacial score (nSPS) is 20.2. The molecule has 6 nitrogen and oxygen atoms in total. The van der Waals surface area contributed by atoms with Gasteiger partial charge in [0.2, 0.25) is 0 Å². The topological polar surface area (TPSA) is 75.3 Å². The first-order valence-corrected chi connectivity index (χ1v) is 11.8. The van der Waals surface area contributed by atoms with Gasteiger partial charge in [-0.1, -0.05) is 23.7 Å². The molecule has 2 N–H and O–H groups in total. The van der Waals surface area contributed by atoms with Gasteiger partial charge in [-0.2, -0.15) is 0 Å². The number of anilines is 1. The summed E-state index contributed by atoms with van der Waals surface area (Å²) in [6, 6.07) is 14.2. The number of fused-ring (bicyclic) bond motifs is 2. The van der Waals surface area contributed by atoms with Crippen molar-refractivity contribution in [1.29, 1.82) is 0 Å². The fourth-order valence-corrected chi connectivity index (χ4v) is 5.90. The van der Waals surface area contributed by atoms with E-state index < -0.39 is 0 Å². The second-order valence-corrected chi connectivity index (χ2v) is 9.92. The molecule has 1 saturated heterocycles. The Morgan fingerprint density at radius 1 is 1.12 bits per heavy atom. The number of carbonyl (C=O) groups excluding carboxylic acids is 1.